The van der Waals surface area contributed by atoms with Gasteiger partial charge in [0.15, 0.2) is 5.13 Å². The summed E-state index contributed by atoms with van der Waals surface area (Å²) in [5.41, 5.74) is 3.72. The summed E-state index contributed by atoms with van der Waals surface area (Å²) in [6, 6.07) is 2.02. The standard InChI is InChI=1S/C26H34N6O3S/c1-15-21(36-25(28-15)30-24(34)27-3)19-12-18-13-32(16(2)17-4-5-17)23(33)20(18)22(29-19)31-9-6-26(14-31)7-10-35-11-8-26/h12,16-17H,4-11,13-14H2,1-3H3,(H2,27,28,30,34)/t16-/m0/s1. The SMILES string of the molecule is CNC(=O)Nc1nc(C)c(-c2cc3c(c(N4CCC5(CCOCC5)C4)n2)C(=O)N([C@@H](C)C2CC2)C3)s1. The Balaban J connectivity index is 1.39. The molecule has 2 aromatic heterocycles. The van der Waals surface area contributed by atoms with E-state index in [9.17, 15) is 9.59 Å². The summed E-state index contributed by atoms with van der Waals surface area (Å²) >= 11 is 1.42. The van der Waals surface area contributed by atoms with E-state index in [0.717, 1.165) is 78.8 Å². The summed E-state index contributed by atoms with van der Waals surface area (Å²) in [6.07, 6.45) is 5.64. The van der Waals surface area contributed by atoms with E-state index in [-0.39, 0.29) is 23.4 Å². The number of pyridine rings is 1. The first-order valence-electron chi connectivity index (χ1n) is 13.0. The van der Waals surface area contributed by atoms with Gasteiger partial charge in [-0.25, -0.2) is 14.8 Å². The van der Waals surface area contributed by atoms with Crippen LogP contribution in [0.2, 0.25) is 0 Å². The lowest BCUT2D eigenvalue weighted by atomic mass is 9.80. The minimum Gasteiger partial charge on any atom is -0.381 e. The second kappa shape index (κ2) is 8.99. The van der Waals surface area contributed by atoms with Gasteiger partial charge in [0.1, 0.15) is 5.82 Å². The normalized spacial score (nSPS) is 21.7. The predicted octanol–water partition coefficient (Wildman–Crippen LogP) is 4.03. The fraction of sp³-hybridized carbons (Fsp3) is 0.615. The summed E-state index contributed by atoms with van der Waals surface area (Å²) in [4.78, 5) is 40.6. The Morgan fingerprint density at radius 1 is 1.25 bits per heavy atom. The molecule has 2 saturated heterocycles. The van der Waals surface area contributed by atoms with Crippen LogP contribution in [0.15, 0.2) is 6.07 Å². The summed E-state index contributed by atoms with van der Waals surface area (Å²) in [6.45, 7) is 8.19. The fourth-order valence-electron chi connectivity index (χ4n) is 6.02. The number of urea groups is 1. The minimum atomic E-state index is -0.299. The van der Waals surface area contributed by atoms with Crippen LogP contribution in [0.25, 0.3) is 10.6 Å². The Morgan fingerprint density at radius 2 is 2.03 bits per heavy atom. The number of fused-ring (bicyclic) bond motifs is 1. The Bertz CT molecular complexity index is 1200. The van der Waals surface area contributed by atoms with Gasteiger partial charge in [0, 0.05) is 45.9 Å². The van der Waals surface area contributed by atoms with Crippen molar-refractivity contribution in [1.82, 2.24) is 20.2 Å². The smallest absolute Gasteiger partial charge is 0.320 e. The zero-order valence-corrected chi connectivity index (χ0v) is 22.0. The molecular formula is C26H34N6O3S. The van der Waals surface area contributed by atoms with Crippen molar-refractivity contribution in [3.8, 4) is 10.6 Å². The van der Waals surface area contributed by atoms with Gasteiger partial charge in [0.25, 0.3) is 5.91 Å². The number of ether oxygens (including phenoxy) is 1. The van der Waals surface area contributed by atoms with Crippen molar-refractivity contribution in [3.05, 3.63) is 22.9 Å². The van der Waals surface area contributed by atoms with Crippen LogP contribution in [-0.4, -0.2) is 66.2 Å². The molecule has 1 atom stereocenters. The number of rotatable bonds is 5. The molecule has 0 bridgehead atoms. The molecule has 5 heterocycles. The lowest BCUT2D eigenvalue weighted by molar-refractivity contribution is 0.0254. The molecule has 6 rings (SSSR count). The number of nitrogens with one attached hydrogen (secondary N) is 2. The van der Waals surface area contributed by atoms with Crippen molar-refractivity contribution in [1.29, 1.82) is 0 Å². The van der Waals surface area contributed by atoms with Crippen LogP contribution < -0.4 is 15.5 Å². The summed E-state index contributed by atoms with van der Waals surface area (Å²) < 4.78 is 5.65. The maximum Gasteiger partial charge on any atom is 0.320 e. The molecule has 0 radical (unpaired) electrons. The van der Waals surface area contributed by atoms with Gasteiger partial charge < -0.3 is 19.9 Å². The third-order valence-corrected chi connectivity index (χ3v) is 9.56. The van der Waals surface area contributed by atoms with Crippen LogP contribution in [0.3, 0.4) is 0 Å². The van der Waals surface area contributed by atoms with Crippen molar-refractivity contribution in [3.63, 3.8) is 0 Å². The number of thiazole rings is 1. The molecule has 3 amide bonds. The highest BCUT2D eigenvalue weighted by Gasteiger charge is 2.44. The van der Waals surface area contributed by atoms with Crippen molar-refractivity contribution < 1.29 is 14.3 Å². The van der Waals surface area contributed by atoms with E-state index >= 15 is 0 Å². The third-order valence-electron chi connectivity index (χ3n) is 8.46. The first-order valence-corrected chi connectivity index (χ1v) is 13.8. The van der Waals surface area contributed by atoms with E-state index in [1.165, 1.54) is 24.2 Å². The molecule has 0 unspecified atom stereocenters. The van der Waals surface area contributed by atoms with Gasteiger partial charge in [-0.1, -0.05) is 11.3 Å². The highest BCUT2D eigenvalue weighted by Crippen LogP contribution is 2.46. The van der Waals surface area contributed by atoms with Gasteiger partial charge in [-0.15, -0.1) is 0 Å². The average Bonchev–Trinajstić information content (AvgIpc) is 3.45. The molecule has 36 heavy (non-hydrogen) atoms. The van der Waals surface area contributed by atoms with Crippen molar-refractivity contribution in [2.45, 2.75) is 58.5 Å². The van der Waals surface area contributed by atoms with Gasteiger partial charge in [-0.3, -0.25) is 10.1 Å². The predicted molar refractivity (Wildman–Crippen MR) is 140 cm³/mol. The first-order chi connectivity index (χ1) is 17.4. The van der Waals surface area contributed by atoms with Crippen molar-refractivity contribution in [2.24, 2.45) is 11.3 Å². The molecule has 4 aliphatic rings. The zero-order chi connectivity index (χ0) is 25.0. The number of hydrogen-bond donors (Lipinski definition) is 2. The minimum absolute atomic E-state index is 0.120. The number of carbonyl (C=O) groups excluding carboxylic acids is 2. The maximum absolute atomic E-state index is 13.8. The fourth-order valence-corrected chi connectivity index (χ4v) is 6.94. The van der Waals surface area contributed by atoms with E-state index in [1.807, 2.05) is 6.92 Å². The summed E-state index contributed by atoms with van der Waals surface area (Å²) in [5, 5.41) is 5.88. The molecule has 10 heteroatoms. The van der Waals surface area contributed by atoms with Gasteiger partial charge in [0.2, 0.25) is 0 Å². The number of amides is 3. The Labute approximate surface area is 215 Å². The molecule has 3 fully saturated rings. The van der Waals surface area contributed by atoms with Crippen molar-refractivity contribution >= 4 is 34.2 Å². The number of aromatic nitrogens is 2. The van der Waals surface area contributed by atoms with E-state index in [4.69, 9.17) is 9.72 Å². The van der Waals surface area contributed by atoms with Crippen LogP contribution in [0.5, 0.6) is 0 Å². The van der Waals surface area contributed by atoms with Crippen LogP contribution in [-0.2, 0) is 11.3 Å². The summed E-state index contributed by atoms with van der Waals surface area (Å²) in [5.74, 6) is 1.54. The molecule has 1 saturated carbocycles. The Morgan fingerprint density at radius 3 is 2.75 bits per heavy atom. The van der Waals surface area contributed by atoms with E-state index in [1.54, 1.807) is 7.05 Å². The van der Waals surface area contributed by atoms with E-state index < -0.39 is 0 Å². The highest BCUT2D eigenvalue weighted by atomic mass is 32.1. The summed E-state index contributed by atoms with van der Waals surface area (Å²) in [7, 11) is 1.58. The van der Waals surface area contributed by atoms with Gasteiger partial charge in [0.05, 0.1) is 21.8 Å². The van der Waals surface area contributed by atoms with E-state index in [0.29, 0.717) is 17.6 Å². The Hall–Kier alpha value is -2.72. The van der Waals surface area contributed by atoms with Crippen LogP contribution in [0.4, 0.5) is 15.7 Å². The number of nitrogens with zero attached hydrogens (tertiary/aromatic N) is 4. The number of hydrogen-bond acceptors (Lipinski definition) is 7. The molecule has 3 aliphatic heterocycles. The largest absolute Gasteiger partial charge is 0.381 e. The lowest BCUT2D eigenvalue weighted by Crippen LogP contribution is -2.36. The Kier molecular flexibility index (Phi) is 5.91. The topological polar surface area (TPSA) is 99.7 Å². The monoisotopic (exact) mass is 510 g/mol. The molecule has 0 aromatic carbocycles. The number of anilines is 2. The molecule has 9 nitrogen and oxygen atoms in total. The molecule has 2 N–H and O–H groups in total. The third kappa shape index (κ3) is 4.14. The van der Waals surface area contributed by atoms with E-state index in [2.05, 4.69) is 38.4 Å². The maximum atomic E-state index is 13.8. The highest BCUT2D eigenvalue weighted by molar-refractivity contribution is 7.19. The molecular weight excluding hydrogens is 476 g/mol. The first kappa shape index (κ1) is 23.7. The van der Waals surface area contributed by atoms with Crippen LogP contribution in [0, 0.1) is 18.3 Å². The second-order valence-electron chi connectivity index (χ2n) is 10.8. The van der Waals surface area contributed by atoms with Gasteiger partial charge in [-0.2, -0.15) is 0 Å². The quantitative estimate of drug-likeness (QED) is 0.630. The zero-order valence-electron chi connectivity index (χ0n) is 21.2. The number of aryl methyl sites for hydroxylation is 1. The van der Waals surface area contributed by atoms with Crippen LogP contribution >= 0.6 is 11.3 Å². The van der Waals surface area contributed by atoms with Gasteiger partial charge in [-0.05, 0) is 68.9 Å². The van der Waals surface area contributed by atoms with Gasteiger partial charge >= 0.3 is 6.03 Å². The van der Waals surface area contributed by atoms with Crippen LogP contribution in [0.1, 0.15) is 60.6 Å². The number of carbonyl (C=O) groups is 2. The molecule has 2 aromatic rings. The lowest BCUT2D eigenvalue weighted by Gasteiger charge is -2.33. The molecule has 192 valence electrons. The second-order valence-corrected chi connectivity index (χ2v) is 11.8. The molecule has 1 aliphatic carbocycles. The average molecular weight is 511 g/mol. The van der Waals surface area contributed by atoms with Crippen molar-refractivity contribution in [2.75, 3.05) is 43.6 Å². The molecule has 1 spiro atoms.